The van der Waals surface area contributed by atoms with Gasteiger partial charge < -0.3 is 5.32 Å². The smallest absolute Gasteiger partial charge is 0.324 e. The molecule has 0 saturated carbocycles. The van der Waals surface area contributed by atoms with Crippen LogP contribution in [0.4, 0.5) is 45.2 Å². The summed E-state index contributed by atoms with van der Waals surface area (Å²) in [5.74, 6) is -2.66. The summed E-state index contributed by atoms with van der Waals surface area (Å²) >= 11 is 0. The Morgan fingerprint density at radius 3 is 1.70 bits per heavy atom. The average Bonchev–Trinajstić information content (AvgIpc) is 2.34. The number of carbonyl (C=O) groups is 1. The van der Waals surface area contributed by atoms with Crippen molar-refractivity contribution in [2.24, 2.45) is 5.41 Å². The predicted octanol–water partition coefficient (Wildman–Crippen LogP) is 4.77. The minimum absolute atomic E-state index is 0.411. The topological polar surface area (TPSA) is 29.1 Å². The second-order valence-electron chi connectivity index (χ2n) is 4.62. The summed E-state index contributed by atoms with van der Waals surface area (Å²) in [6.45, 7) is -0.446. The van der Waals surface area contributed by atoms with Crippen LogP contribution in [0.2, 0.25) is 0 Å². The van der Waals surface area contributed by atoms with Crippen LogP contribution in [-0.4, -0.2) is 18.3 Å². The molecule has 0 unspecified atom stereocenters. The van der Waals surface area contributed by atoms with Crippen LogP contribution >= 0.6 is 0 Å². The fraction of sp³-hybridized carbons (Fsp3) is 0.417. The Morgan fingerprint density at radius 1 is 0.870 bits per heavy atom. The number of nitrogens with one attached hydrogen (secondary N) is 1. The minimum Gasteiger partial charge on any atom is -0.324 e. The fourth-order valence-electron chi connectivity index (χ4n) is 1.50. The monoisotopic (exact) mass is 353 g/mol. The Kier molecular flexibility index (Phi) is 4.66. The van der Waals surface area contributed by atoms with Crippen molar-refractivity contribution in [1.29, 1.82) is 0 Å². The fourth-order valence-corrected chi connectivity index (χ4v) is 1.50. The van der Waals surface area contributed by atoms with Crippen LogP contribution in [0.1, 0.15) is 12.5 Å². The maximum atomic E-state index is 12.7. The van der Waals surface area contributed by atoms with Crippen molar-refractivity contribution in [3.8, 4) is 0 Å². The molecule has 0 aromatic heterocycles. The summed E-state index contributed by atoms with van der Waals surface area (Å²) in [5, 5.41) is 1.07. The zero-order valence-corrected chi connectivity index (χ0v) is 11.1. The van der Waals surface area contributed by atoms with Gasteiger partial charge in [-0.25, -0.2) is 0 Å². The number of anilines is 1. The van der Waals surface area contributed by atoms with Crippen LogP contribution in [0.3, 0.4) is 0 Å². The minimum atomic E-state index is -6.05. The maximum Gasteiger partial charge on any atom is 0.418 e. The molecular weight excluding hydrogens is 345 g/mol. The van der Waals surface area contributed by atoms with Crippen molar-refractivity contribution in [1.82, 2.24) is 0 Å². The second kappa shape index (κ2) is 5.60. The number of benzene rings is 1. The van der Waals surface area contributed by atoms with Gasteiger partial charge in [-0.05, 0) is 19.1 Å². The quantitative estimate of drug-likeness (QED) is 0.762. The summed E-state index contributed by atoms with van der Waals surface area (Å²) in [6, 6.07) is 2.75. The molecule has 1 amide bonds. The van der Waals surface area contributed by atoms with Crippen molar-refractivity contribution in [2.75, 3.05) is 5.32 Å². The zero-order valence-electron chi connectivity index (χ0n) is 11.1. The first-order valence-electron chi connectivity index (χ1n) is 5.73. The van der Waals surface area contributed by atoms with Crippen LogP contribution in [0, 0.1) is 5.41 Å². The molecule has 0 saturated heterocycles. The van der Waals surface area contributed by atoms with Gasteiger partial charge in [-0.1, -0.05) is 12.1 Å². The largest absolute Gasteiger partial charge is 0.418 e. The first-order chi connectivity index (χ1) is 10.1. The van der Waals surface area contributed by atoms with Gasteiger partial charge in [0.15, 0.2) is 0 Å². The average molecular weight is 353 g/mol. The molecule has 130 valence electrons. The highest BCUT2D eigenvalue weighted by Gasteiger charge is 2.72. The number of alkyl halides is 9. The molecule has 2 nitrogen and oxygen atoms in total. The van der Waals surface area contributed by atoms with E-state index < -0.39 is 48.0 Å². The van der Waals surface area contributed by atoms with E-state index >= 15 is 0 Å². The van der Waals surface area contributed by atoms with Gasteiger partial charge in [-0.2, -0.15) is 39.5 Å². The SMILES string of the molecule is CC(C(=O)Nc1ccccc1C(F)(F)F)(C(F)(F)F)C(F)(F)F. The standard InChI is InChI=1S/C12H8F9NO/c1-9(11(16,17)18,12(19,20)21)8(23)22-7-5-3-2-4-6(7)10(13,14)15/h2-5H,1H3,(H,22,23). The second-order valence-corrected chi connectivity index (χ2v) is 4.62. The summed E-state index contributed by atoms with van der Waals surface area (Å²) in [6.07, 6.45) is -17.2. The molecule has 1 aromatic carbocycles. The highest BCUT2D eigenvalue weighted by atomic mass is 19.4. The van der Waals surface area contributed by atoms with E-state index in [0.29, 0.717) is 12.1 Å². The van der Waals surface area contributed by atoms with Gasteiger partial charge in [-0.3, -0.25) is 4.79 Å². The summed E-state index contributed by atoms with van der Waals surface area (Å²) < 4.78 is 114. The van der Waals surface area contributed by atoms with Gasteiger partial charge >= 0.3 is 18.5 Å². The predicted molar refractivity (Wildman–Crippen MR) is 60.3 cm³/mol. The van der Waals surface area contributed by atoms with Crippen molar-refractivity contribution in [3.05, 3.63) is 29.8 Å². The van der Waals surface area contributed by atoms with Gasteiger partial charge in [0.2, 0.25) is 11.3 Å². The van der Waals surface area contributed by atoms with Crippen molar-refractivity contribution < 1.29 is 44.3 Å². The summed E-state index contributed by atoms with van der Waals surface area (Å²) in [5.41, 5.74) is -7.64. The van der Waals surface area contributed by atoms with Crippen molar-refractivity contribution >= 4 is 11.6 Å². The highest BCUT2D eigenvalue weighted by Crippen LogP contribution is 2.51. The Labute approximate surface area is 123 Å². The molecule has 0 bridgehead atoms. The number of rotatable bonds is 2. The van der Waals surface area contributed by atoms with Crippen LogP contribution in [0.15, 0.2) is 24.3 Å². The lowest BCUT2D eigenvalue weighted by molar-refractivity contribution is -0.317. The summed E-state index contributed by atoms with van der Waals surface area (Å²) in [4.78, 5) is 11.5. The van der Waals surface area contributed by atoms with Crippen molar-refractivity contribution in [3.63, 3.8) is 0 Å². The van der Waals surface area contributed by atoms with E-state index in [0.717, 1.165) is 17.4 Å². The first-order valence-corrected chi connectivity index (χ1v) is 5.73. The zero-order chi connectivity index (χ0) is 18.3. The molecule has 0 fully saturated rings. The molecule has 0 heterocycles. The van der Waals surface area contributed by atoms with Crippen molar-refractivity contribution in [2.45, 2.75) is 25.5 Å². The van der Waals surface area contributed by atoms with Crippen LogP contribution in [0.5, 0.6) is 0 Å². The lowest BCUT2D eigenvalue weighted by Crippen LogP contribution is -2.55. The summed E-state index contributed by atoms with van der Waals surface area (Å²) in [7, 11) is 0. The number of carbonyl (C=O) groups excluding carboxylic acids is 1. The third kappa shape index (κ3) is 3.53. The Hall–Kier alpha value is -1.94. The van der Waals surface area contributed by atoms with E-state index in [1.54, 1.807) is 0 Å². The number of amides is 1. The molecule has 1 N–H and O–H groups in total. The molecular formula is C12H8F9NO. The van der Waals surface area contributed by atoms with Crippen LogP contribution in [0.25, 0.3) is 0 Å². The lowest BCUT2D eigenvalue weighted by atomic mass is 9.87. The maximum absolute atomic E-state index is 12.7. The first kappa shape index (κ1) is 19.1. The Balaban J connectivity index is 3.32. The highest BCUT2D eigenvalue weighted by molar-refractivity contribution is 5.97. The molecule has 23 heavy (non-hydrogen) atoms. The Bertz CT molecular complexity index is 571. The molecule has 0 aliphatic rings. The molecule has 11 heteroatoms. The normalized spacial score (nSPS) is 13.8. The molecule has 0 aliphatic heterocycles. The molecule has 1 rings (SSSR count). The van der Waals surface area contributed by atoms with Gasteiger partial charge in [-0.15, -0.1) is 0 Å². The van der Waals surface area contributed by atoms with E-state index in [9.17, 15) is 44.3 Å². The third-order valence-electron chi connectivity index (χ3n) is 3.07. The number of hydrogen-bond donors (Lipinski definition) is 1. The molecule has 1 aromatic rings. The van der Waals surface area contributed by atoms with Gasteiger partial charge in [0.05, 0.1) is 11.3 Å². The number of para-hydroxylation sites is 1. The number of halogens is 9. The van der Waals surface area contributed by atoms with Crippen LogP contribution < -0.4 is 5.32 Å². The van der Waals surface area contributed by atoms with E-state index in [4.69, 9.17) is 0 Å². The third-order valence-corrected chi connectivity index (χ3v) is 3.07. The van der Waals surface area contributed by atoms with E-state index in [2.05, 4.69) is 0 Å². The van der Waals surface area contributed by atoms with Gasteiger partial charge in [0.25, 0.3) is 0 Å². The van der Waals surface area contributed by atoms with Gasteiger partial charge in [0, 0.05) is 0 Å². The van der Waals surface area contributed by atoms with Gasteiger partial charge in [0.1, 0.15) is 0 Å². The molecule has 0 aliphatic carbocycles. The van der Waals surface area contributed by atoms with E-state index in [1.807, 2.05) is 0 Å². The Morgan fingerprint density at radius 2 is 1.30 bits per heavy atom. The molecule has 0 spiro atoms. The van der Waals surface area contributed by atoms with Crippen LogP contribution in [-0.2, 0) is 11.0 Å². The molecule has 0 radical (unpaired) electrons. The number of hydrogen-bond acceptors (Lipinski definition) is 1. The molecule has 0 atom stereocenters. The van der Waals surface area contributed by atoms with E-state index in [-0.39, 0.29) is 0 Å². The lowest BCUT2D eigenvalue weighted by Gasteiger charge is -2.32. The van der Waals surface area contributed by atoms with E-state index in [1.165, 1.54) is 0 Å².